The van der Waals surface area contributed by atoms with Crippen molar-refractivity contribution in [1.82, 2.24) is 0 Å². The van der Waals surface area contributed by atoms with Gasteiger partial charge in [-0.15, -0.1) is 0 Å². The molecule has 2 aromatic heterocycles. The Bertz CT molecular complexity index is 1420. The third kappa shape index (κ3) is 3.22. The predicted molar refractivity (Wildman–Crippen MR) is 127 cm³/mol. The Balaban J connectivity index is 1.82. The number of fused-ring (bicyclic) bond motifs is 3. The van der Waals surface area contributed by atoms with Gasteiger partial charge in [0.15, 0.2) is 11.4 Å². The van der Waals surface area contributed by atoms with Gasteiger partial charge in [-0.25, -0.2) is 4.85 Å². The summed E-state index contributed by atoms with van der Waals surface area (Å²) in [5, 5.41) is 2.06. The third-order valence-electron chi connectivity index (χ3n) is 6.87. The van der Waals surface area contributed by atoms with Crippen LogP contribution in [-0.4, -0.2) is 0 Å². The number of hydrogen-bond donors (Lipinski definition) is 0. The van der Waals surface area contributed by atoms with Crippen LogP contribution in [-0.2, 0) is 7.05 Å². The minimum absolute atomic E-state index is 0.559. The Morgan fingerprint density at radius 2 is 1.81 bits per heavy atom. The van der Waals surface area contributed by atoms with Crippen molar-refractivity contribution in [3.63, 3.8) is 0 Å². The van der Waals surface area contributed by atoms with Crippen LogP contribution in [0.25, 0.3) is 38.0 Å². The lowest BCUT2D eigenvalue weighted by Gasteiger charge is -2.23. The summed E-state index contributed by atoms with van der Waals surface area (Å²) in [5.74, 6) is -0.677. The van der Waals surface area contributed by atoms with Crippen LogP contribution >= 0.6 is 0 Å². The summed E-state index contributed by atoms with van der Waals surface area (Å²) in [7, 11) is 2.09. The molecule has 0 unspecified atom stereocenters. The summed E-state index contributed by atoms with van der Waals surface area (Å²) >= 11 is 0. The van der Waals surface area contributed by atoms with Gasteiger partial charge in [-0.05, 0) is 55.3 Å². The second-order valence-electron chi connectivity index (χ2n) is 9.00. The minimum atomic E-state index is -0.677. The van der Waals surface area contributed by atoms with Crippen molar-refractivity contribution in [2.45, 2.75) is 58.8 Å². The highest BCUT2D eigenvalue weighted by atomic mass is 16.3. The Hall–Kier alpha value is -3.12. The fraction of sp³-hybridized carbons (Fsp3) is 0.357. The number of pyridine rings is 1. The Labute approximate surface area is 185 Å². The van der Waals surface area contributed by atoms with Crippen molar-refractivity contribution in [2.75, 3.05) is 0 Å². The molecule has 0 N–H and O–H groups in total. The average Bonchev–Trinajstić information content (AvgIpc) is 3.13. The van der Waals surface area contributed by atoms with E-state index in [0.717, 1.165) is 70.0 Å². The van der Waals surface area contributed by atoms with Crippen LogP contribution in [0.5, 0.6) is 0 Å². The van der Waals surface area contributed by atoms with Crippen LogP contribution in [0.4, 0.5) is 5.69 Å². The number of aromatic nitrogens is 1. The average molecular weight is 411 g/mol. The van der Waals surface area contributed by atoms with Crippen molar-refractivity contribution in [3.05, 3.63) is 70.2 Å². The van der Waals surface area contributed by atoms with Crippen molar-refractivity contribution in [3.8, 4) is 11.3 Å². The molecule has 0 saturated heterocycles. The van der Waals surface area contributed by atoms with Gasteiger partial charge in [-0.3, -0.25) is 0 Å². The van der Waals surface area contributed by atoms with Gasteiger partial charge in [0.2, 0.25) is 5.69 Å². The largest absolute Gasteiger partial charge is 0.456 e. The lowest BCUT2D eigenvalue weighted by Crippen LogP contribution is -2.35. The highest BCUT2D eigenvalue weighted by molar-refractivity contribution is 6.10. The molecule has 5 rings (SSSR count). The lowest BCUT2D eigenvalue weighted by molar-refractivity contribution is -0.666. The normalized spacial score (nSPS) is 16.4. The maximum Gasteiger partial charge on any atom is 0.216 e. The minimum Gasteiger partial charge on any atom is -0.456 e. The zero-order valence-electron chi connectivity index (χ0n) is 19.8. The third-order valence-corrected chi connectivity index (χ3v) is 6.87. The quantitative estimate of drug-likeness (QED) is 0.246. The van der Waals surface area contributed by atoms with Crippen LogP contribution < -0.4 is 4.57 Å². The zero-order valence-corrected chi connectivity index (χ0v) is 18.8. The molecular formula is C28H29N2O+. The topological polar surface area (TPSA) is 21.4 Å². The van der Waals surface area contributed by atoms with E-state index in [1.54, 1.807) is 0 Å². The number of nitrogens with zero attached hydrogens (tertiary/aromatic N) is 2. The van der Waals surface area contributed by atoms with Gasteiger partial charge in [0.25, 0.3) is 0 Å². The molecule has 1 aliphatic carbocycles. The fourth-order valence-corrected chi connectivity index (χ4v) is 5.13. The highest BCUT2D eigenvalue weighted by Crippen LogP contribution is 2.43. The van der Waals surface area contributed by atoms with E-state index in [2.05, 4.69) is 67.6 Å². The van der Waals surface area contributed by atoms with Crippen LogP contribution in [0.2, 0.25) is 0 Å². The molecule has 0 spiro atoms. The molecule has 1 saturated carbocycles. The Morgan fingerprint density at radius 1 is 1.03 bits per heavy atom. The molecule has 0 amide bonds. The molecule has 0 radical (unpaired) electrons. The molecule has 4 aromatic rings. The molecule has 156 valence electrons. The van der Waals surface area contributed by atoms with E-state index < -0.39 is 5.89 Å². The van der Waals surface area contributed by atoms with Gasteiger partial charge in [-0.2, -0.15) is 4.57 Å². The maximum absolute atomic E-state index is 9.15. The van der Waals surface area contributed by atoms with E-state index in [1.807, 2.05) is 6.07 Å². The van der Waals surface area contributed by atoms with Crippen molar-refractivity contribution in [1.29, 1.82) is 0 Å². The van der Waals surface area contributed by atoms with Gasteiger partial charge in [0.1, 0.15) is 18.2 Å². The number of hydrogen-bond acceptors (Lipinski definition) is 1. The van der Waals surface area contributed by atoms with E-state index in [0.29, 0.717) is 5.69 Å². The van der Waals surface area contributed by atoms with E-state index in [9.17, 15) is 0 Å². The first kappa shape index (κ1) is 18.6. The van der Waals surface area contributed by atoms with Gasteiger partial charge < -0.3 is 4.42 Å². The van der Waals surface area contributed by atoms with Crippen LogP contribution in [0.15, 0.2) is 40.8 Å². The summed E-state index contributed by atoms with van der Waals surface area (Å²) in [6.07, 6.45) is 4.93. The summed E-state index contributed by atoms with van der Waals surface area (Å²) in [6, 6.07) is 12.6. The second-order valence-corrected chi connectivity index (χ2v) is 9.00. The van der Waals surface area contributed by atoms with Crippen LogP contribution in [0.1, 0.15) is 61.8 Å². The Kier molecular flexibility index (Phi) is 4.53. The molecule has 0 atom stereocenters. The van der Waals surface area contributed by atoms with Crippen molar-refractivity contribution < 1.29 is 10.4 Å². The predicted octanol–water partition coefficient (Wildman–Crippen LogP) is 7.60. The molecule has 3 nitrogen and oxygen atoms in total. The zero-order chi connectivity index (χ0) is 22.6. The maximum atomic E-state index is 9.15. The van der Waals surface area contributed by atoms with Gasteiger partial charge in [0.05, 0.1) is 12.1 Å². The second kappa shape index (κ2) is 7.54. The smallest absolute Gasteiger partial charge is 0.216 e. The number of benzene rings is 2. The van der Waals surface area contributed by atoms with Crippen LogP contribution in [0.3, 0.4) is 0 Å². The number of rotatable bonds is 2. The molecule has 1 fully saturated rings. The monoisotopic (exact) mass is 410 g/mol. The molecule has 0 aliphatic heterocycles. The molecule has 3 heteroatoms. The lowest BCUT2D eigenvalue weighted by atomic mass is 9.83. The van der Waals surface area contributed by atoms with E-state index >= 15 is 0 Å². The van der Waals surface area contributed by atoms with E-state index in [-0.39, 0.29) is 0 Å². The van der Waals surface area contributed by atoms with E-state index in [1.165, 1.54) is 17.7 Å². The van der Waals surface area contributed by atoms with Gasteiger partial charge in [0, 0.05) is 31.2 Å². The standard InChI is InChI=1S/C28H29N2O/c1-17-13-19(3)30(5)25(14-17)27-18(2)11-12-21-23-15-22(20-9-7-6-8-10-20)24(29-4)16-26(23)31-28(21)27/h11-16,20H,6-10H2,1-3,5H3/q+1/i20D. The first-order valence-electron chi connectivity index (χ1n) is 11.7. The number of furan rings is 1. The van der Waals surface area contributed by atoms with Crippen molar-refractivity contribution >= 4 is 27.6 Å². The summed E-state index contributed by atoms with van der Waals surface area (Å²) in [5.41, 5.74) is 8.80. The van der Waals surface area contributed by atoms with Gasteiger partial charge >= 0.3 is 0 Å². The SMILES string of the molecule is [2H]C1(c2cc3c(cc2[N+]#[C-])oc2c(-c4cc(C)cc(C)[n+]4C)c(C)ccc23)CCCCC1. The fourth-order valence-electron chi connectivity index (χ4n) is 5.13. The molecule has 1 aliphatic rings. The summed E-state index contributed by atoms with van der Waals surface area (Å²) in [6.45, 7) is 14.1. The molecule has 2 aromatic carbocycles. The van der Waals surface area contributed by atoms with Gasteiger partial charge in [-0.1, -0.05) is 37.5 Å². The first-order chi connectivity index (χ1) is 15.3. The molecular weight excluding hydrogens is 380 g/mol. The molecule has 2 heterocycles. The summed E-state index contributed by atoms with van der Waals surface area (Å²) < 4.78 is 17.8. The first-order valence-corrected chi connectivity index (χ1v) is 11.2. The van der Waals surface area contributed by atoms with Crippen LogP contribution in [0, 0.1) is 27.3 Å². The molecule has 31 heavy (non-hydrogen) atoms. The highest BCUT2D eigenvalue weighted by Gasteiger charge is 2.24. The number of aryl methyl sites for hydroxylation is 3. The van der Waals surface area contributed by atoms with E-state index in [4.69, 9.17) is 12.4 Å². The summed E-state index contributed by atoms with van der Waals surface area (Å²) in [4.78, 5) is 3.81. The van der Waals surface area contributed by atoms with Crippen molar-refractivity contribution in [2.24, 2.45) is 7.05 Å². The Morgan fingerprint density at radius 3 is 2.55 bits per heavy atom. The molecule has 0 bridgehead atoms.